The maximum atomic E-state index is 11.0. The summed E-state index contributed by atoms with van der Waals surface area (Å²) in [6.07, 6.45) is 0. The van der Waals surface area contributed by atoms with Gasteiger partial charge in [-0.1, -0.05) is 39.7 Å². The Kier molecular flexibility index (Phi) is 4.07. The molecule has 0 fully saturated rings. The zero-order chi connectivity index (χ0) is 14.0. The van der Waals surface area contributed by atoms with Crippen LogP contribution in [0, 0.1) is 17.0 Å². The minimum Gasteiger partial charge on any atom is -0.350 e. The maximum absolute atomic E-state index is 11.0. The molecule has 0 radical (unpaired) electrons. The van der Waals surface area contributed by atoms with Crippen molar-refractivity contribution in [2.45, 2.75) is 6.92 Å². The Balaban J connectivity index is 2.40. The lowest BCUT2D eigenvalue weighted by Gasteiger charge is -2.09. The molecule has 4 nitrogen and oxygen atoms in total. The molecule has 0 atom stereocenters. The fourth-order valence-corrected chi connectivity index (χ4v) is 2.25. The van der Waals surface area contributed by atoms with Crippen molar-refractivity contribution in [3.63, 3.8) is 0 Å². The van der Waals surface area contributed by atoms with Crippen LogP contribution in [0.5, 0.6) is 0 Å². The van der Waals surface area contributed by atoms with Crippen molar-refractivity contribution in [2.75, 3.05) is 5.32 Å². The van der Waals surface area contributed by atoms with E-state index in [1.807, 2.05) is 25.1 Å². The maximum Gasteiger partial charge on any atom is 0.311 e. The molecule has 0 unspecified atom stereocenters. The third-order valence-corrected chi connectivity index (χ3v) is 3.78. The van der Waals surface area contributed by atoms with E-state index in [0.29, 0.717) is 5.69 Å². The summed E-state index contributed by atoms with van der Waals surface area (Å²) in [7, 11) is 0. The smallest absolute Gasteiger partial charge is 0.311 e. The fourth-order valence-electron chi connectivity index (χ4n) is 1.63. The van der Waals surface area contributed by atoms with Gasteiger partial charge in [0.1, 0.15) is 10.7 Å². The van der Waals surface area contributed by atoms with Crippen LogP contribution in [0.3, 0.4) is 0 Å². The number of nitrogens with zero attached hydrogens (tertiary/aromatic N) is 1. The molecule has 19 heavy (non-hydrogen) atoms. The van der Waals surface area contributed by atoms with Crippen molar-refractivity contribution in [1.82, 2.24) is 0 Å². The molecule has 0 aliphatic rings. The topological polar surface area (TPSA) is 55.2 Å². The van der Waals surface area contributed by atoms with Gasteiger partial charge in [0.15, 0.2) is 0 Å². The molecular weight excluding hydrogens is 332 g/mol. The summed E-state index contributed by atoms with van der Waals surface area (Å²) in [4.78, 5) is 10.5. The Labute approximate surface area is 123 Å². The standard InChI is InChI=1S/C13H10BrClN2O2/c1-8-5-6-9(7-10(8)14)16-12-4-2-3-11(15)13(12)17(18)19/h2-7,16H,1H3. The number of nitro groups is 1. The molecule has 2 rings (SSSR count). The van der Waals surface area contributed by atoms with Gasteiger partial charge in [0.2, 0.25) is 0 Å². The minimum atomic E-state index is -0.492. The average Bonchev–Trinajstić information content (AvgIpc) is 2.33. The monoisotopic (exact) mass is 340 g/mol. The van der Waals surface area contributed by atoms with Crippen LogP contribution in [-0.4, -0.2) is 4.92 Å². The van der Waals surface area contributed by atoms with Crippen molar-refractivity contribution in [1.29, 1.82) is 0 Å². The lowest BCUT2D eigenvalue weighted by atomic mass is 10.2. The Hall–Kier alpha value is -1.59. The Morgan fingerprint density at radius 1 is 1.32 bits per heavy atom. The predicted molar refractivity (Wildman–Crippen MR) is 80.3 cm³/mol. The number of aryl methyl sites for hydroxylation is 1. The van der Waals surface area contributed by atoms with Gasteiger partial charge in [-0.2, -0.15) is 0 Å². The molecule has 2 aromatic carbocycles. The Morgan fingerprint density at radius 3 is 2.68 bits per heavy atom. The first kappa shape index (κ1) is 13.8. The van der Waals surface area contributed by atoms with Gasteiger partial charge in [0.05, 0.1) is 4.92 Å². The van der Waals surface area contributed by atoms with Crippen molar-refractivity contribution in [2.24, 2.45) is 0 Å². The van der Waals surface area contributed by atoms with Crippen molar-refractivity contribution in [3.8, 4) is 0 Å². The second-order valence-electron chi connectivity index (χ2n) is 3.98. The first-order valence-corrected chi connectivity index (χ1v) is 6.62. The molecule has 0 aliphatic carbocycles. The van der Waals surface area contributed by atoms with E-state index in [1.54, 1.807) is 12.1 Å². The predicted octanol–water partition coefficient (Wildman–Crippen LogP) is 5.06. The van der Waals surface area contributed by atoms with Crippen LogP contribution < -0.4 is 5.32 Å². The fraction of sp³-hybridized carbons (Fsp3) is 0.0769. The third kappa shape index (κ3) is 3.05. The van der Waals surface area contributed by atoms with Crippen LogP contribution in [0.2, 0.25) is 5.02 Å². The van der Waals surface area contributed by atoms with Crippen LogP contribution in [-0.2, 0) is 0 Å². The van der Waals surface area contributed by atoms with Crippen molar-refractivity contribution >= 4 is 44.6 Å². The molecule has 0 saturated carbocycles. The first-order valence-electron chi connectivity index (χ1n) is 5.45. The normalized spacial score (nSPS) is 10.3. The molecule has 6 heteroatoms. The van der Waals surface area contributed by atoms with Gasteiger partial charge in [-0.25, -0.2) is 0 Å². The zero-order valence-electron chi connectivity index (χ0n) is 9.98. The van der Waals surface area contributed by atoms with Gasteiger partial charge in [-0.3, -0.25) is 10.1 Å². The van der Waals surface area contributed by atoms with E-state index in [2.05, 4.69) is 21.2 Å². The van der Waals surface area contributed by atoms with Gasteiger partial charge in [0.25, 0.3) is 0 Å². The summed E-state index contributed by atoms with van der Waals surface area (Å²) in [5, 5.41) is 14.1. The van der Waals surface area contributed by atoms with E-state index in [1.165, 1.54) is 6.07 Å². The van der Waals surface area contributed by atoms with Crippen molar-refractivity contribution < 1.29 is 4.92 Å². The van der Waals surface area contributed by atoms with Gasteiger partial charge in [0, 0.05) is 10.2 Å². The van der Waals surface area contributed by atoms with E-state index in [0.717, 1.165) is 15.7 Å². The number of hydrogen-bond acceptors (Lipinski definition) is 3. The Bertz CT molecular complexity index is 647. The molecule has 1 N–H and O–H groups in total. The van der Waals surface area contributed by atoms with E-state index < -0.39 is 4.92 Å². The lowest BCUT2D eigenvalue weighted by molar-refractivity contribution is -0.383. The highest BCUT2D eigenvalue weighted by Gasteiger charge is 2.18. The first-order chi connectivity index (χ1) is 8.99. The molecule has 0 bridgehead atoms. The summed E-state index contributed by atoms with van der Waals surface area (Å²) < 4.78 is 0.933. The summed E-state index contributed by atoms with van der Waals surface area (Å²) in [5.74, 6) is 0. The molecule has 0 amide bonds. The summed E-state index contributed by atoms with van der Waals surface area (Å²) >= 11 is 9.28. The summed E-state index contributed by atoms with van der Waals surface area (Å²) in [5.41, 5.74) is 2.09. The quantitative estimate of drug-likeness (QED) is 0.627. The number of nitrogens with one attached hydrogen (secondary N) is 1. The van der Waals surface area contributed by atoms with Gasteiger partial charge >= 0.3 is 5.69 Å². The number of hydrogen-bond donors (Lipinski definition) is 1. The average molecular weight is 342 g/mol. The number of benzene rings is 2. The SMILES string of the molecule is Cc1ccc(Nc2cccc(Cl)c2[N+](=O)[O-])cc1Br. The second kappa shape index (κ2) is 5.59. The highest BCUT2D eigenvalue weighted by atomic mass is 79.9. The molecule has 2 aromatic rings. The van der Waals surface area contributed by atoms with Crippen LogP contribution in [0.1, 0.15) is 5.56 Å². The van der Waals surface area contributed by atoms with Crippen LogP contribution in [0.4, 0.5) is 17.1 Å². The number of para-hydroxylation sites is 1. The molecular formula is C13H10BrClN2O2. The summed E-state index contributed by atoms with van der Waals surface area (Å²) in [6.45, 7) is 1.97. The van der Waals surface area contributed by atoms with E-state index in [-0.39, 0.29) is 10.7 Å². The van der Waals surface area contributed by atoms with Gasteiger partial charge < -0.3 is 5.32 Å². The van der Waals surface area contributed by atoms with E-state index >= 15 is 0 Å². The largest absolute Gasteiger partial charge is 0.350 e. The molecule has 0 aromatic heterocycles. The lowest BCUT2D eigenvalue weighted by Crippen LogP contribution is -1.97. The van der Waals surface area contributed by atoms with Crippen LogP contribution >= 0.6 is 27.5 Å². The molecule has 0 saturated heterocycles. The van der Waals surface area contributed by atoms with E-state index in [4.69, 9.17) is 11.6 Å². The second-order valence-corrected chi connectivity index (χ2v) is 5.24. The van der Waals surface area contributed by atoms with Gasteiger partial charge in [-0.05, 0) is 36.8 Å². The number of anilines is 2. The molecule has 98 valence electrons. The third-order valence-electron chi connectivity index (χ3n) is 2.62. The summed E-state index contributed by atoms with van der Waals surface area (Å²) in [6, 6.07) is 10.4. The van der Waals surface area contributed by atoms with E-state index in [9.17, 15) is 10.1 Å². The molecule has 0 heterocycles. The zero-order valence-corrected chi connectivity index (χ0v) is 12.3. The Morgan fingerprint density at radius 2 is 2.05 bits per heavy atom. The number of halogens is 2. The number of rotatable bonds is 3. The van der Waals surface area contributed by atoms with Gasteiger partial charge in [-0.15, -0.1) is 0 Å². The van der Waals surface area contributed by atoms with Crippen molar-refractivity contribution in [3.05, 3.63) is 61.6 Å². The number of nitro benzene ring substituents is 1. The highest BCUT2D eigenvalue weighted by Crippen LogP contribution is 2.34. The highest BCUT2D eigenvalue weighted by molar-refractivity contribution is 9.10. The van der Waals surface area contributed by atoms with Crippen LogP contribution in [0.25, 0.3) is 0 Å². The molecule has 0 aliphatic heterocycles. The molecule has 0 spiro atoms. The van der Waals surface area contributed by atoms with Crippen LogP contribution in [0.15, 0.2) is 40.9 Å². The minimum absolute atomic E-state index is 0.112.